The molecule has 0 bridgehead atoms. The van der Waals surface area contributed by atoms with Crippen LogP contribution in [0, 0.1) is 11.6 Å². The van der Waals surface area contributed by atoms with E-state index in [4.69, 9.17) is 0 Å². The van der Waals surface area contributed by atoms with E-state index in [9.17, 15) is 36.3 Å². The van der Waals surface area contributed by atoms with Crippen molar-refractivity contribution in [2.75, 3.05) is 18.1 Å². The second-order valence-corrected chi connectivity index (χ2v) is 8.23. The molecule has 0 aliphatic carbocycles. The Hall–Kier alpha value is -3.94. The van der Waals surface area contributed by atoms with Crippen LogP contribution in [0.2, 0.25) is 0 Å². The fourth-order valence-electron chi connectivity index (χ4n) is 3.86. The topological polar surface area (TPSA) is 106 Å². The van der Waals surface area contributed by atoms with Crippen LogP contribution in [-0.2, 0) is 9.53 Å². The molecule has 0 saturated carbocycles. The van der Waals surface area contributed by atoms with Crippen molar-refractivity contribution in [3.8, 4) is 5.82 Å². The third kappa shape index (κ3) is 5.58. The van der Waals surface area contributed by atoms with E-state index < -0.39 is 53.4 Å². The number of halogens is 5. The van der Waals surface area contributed by atoms with Gasteiger partial charge in [-0.3, -0.25) is 28.6 Å². The highest BCUT2D eigenvalue weighted by atomic mass is 19.4. The number of amides is 2. The van der Waals surface area contributed by atoms with Crippen LogP contribution in [0.25, 0.3) is 16.9 Å². The van der Waals surface area contributed by atoms with Crippen LogP contribution in [0.3, 0.4) is 0 Å². The molecule has 3 aromatic heterocycles. The van der Waals surface area contributed by atoms with Gasteiger partial charge in [0, 0.05) is 25.2 Å². The average Bonchev–Trinajstić information content (AvgIpc) is 3.27. The molecular weight excluding hydrogens is 505 g/mol. The number of carbonyl (C=O) groups excluding carboxylic acids is 2. The molecule has 9 nitrogen and oxygen atoms in total. The summed E-state index contributed by atoms with van der Waals surface area (Å²) in [7, 11) is 0. The van der Waals surface area contributed by atoms with Crippen molar-refractivity contribution in [2.45, 2.75) is 38.6 Å². The van der Waals surface area contributed by atoms with E-state index >= 15 is 0 Å². The molecule has 0 radical (unpaired) electrons. The molecule has 4 rings (SSSR count). The predicted molar refractivity (Wildman–Crippen MR) is 120 cm³/mol. The Morgan fingerprint density at radius 1 is 1.24 bits per heavy atom. The second kappa shape index (κ2) is 10.2. The Morgan fingerprint density at radius 3 is 2.62 bits per heavy atom. The number of hydrogen-bond acceptors (Lipinski definition) is 6. The van der Waals surface area contributed by atoms with Crippen LogP contribution in [-0.4, -0.2) is 51.9 Å². The number of alkyl halides is 3. The minimum Gasteiger partial charge on any atom is -0.347 e. The Labute approximate surface area is 205 Å². The van der Waals surface area contributed by atoms with E-state index in [0.29, 0.717) is 25.5 Å². The number of aromatic nitrogens is 3. The largest absolute Gasteiger partial charge is 0.522 e. The van der Waals surface area contributed by atoms with Gasteiger partial charge < -0.3 is 5.32 Å². The van der Waals surface area contributed by atoms with Gasteiger partial charge in [-0.25, -0.2) is 18.7 Å². The molecule has 1 unspecified atom stereocenters. The quantitative estimate of drug-likeness (QED) is 0.475. The highest BCUT2D eigenvalue weighted by Crippen LogP contribution is 2.24. The maximum atomic E-state index is 14.7. The molecule has 0 spiro atoms. The summed E-state index contributed by atoms with van der Waals surface area (Å²) in [5.41, 5.74) is -1.55. The number of fused-ring (bicyclic) bond motifs is 1. The van der Waals surface area contributed by atoms with Gasteiger partial charge in [0.15, 0.2) is 17.3 Å². The van der Waals surface area contributed by atoms with Crippen LogP contribution in [0.5, 0.6) is 0 Å². The highest BCUT2D eigenvalue weighted by molar-refractivity contribution is 5.98. The lowest BCUT2D eigenvalue weighted by Crippen LogP contribution is -2.41. The van der Waals surface area contributed by atoms with Gasteiger partial charge in [0.05, 0.1) is 24.2 Å². The van der Waals surface area contributed by atoms with Gasteiger partial charge in [0.25, 0.3) is 5.91 Å². The minimum atomic E-state index is -4.92. The second-order valence-electron chi connectivity index (χ2n) is 8.23. The van der Waals surface area contributed by atoms with Crippen LogP contribution < -0.4 is 15.6 Å². The molecule has 2 amide bonds. The van der Waals surface area contributed by atoms with Crippen LogP contribution >= 0.6 is 0 Å². The molecule has 3 aromatic rings. The lowest BCUT2D eigenvalue weighted by atomic mass is 10.1. The normalized spacial score (nSPS) is 14.9. The molecule has 1 N–H and O–H groups in total. The van der Waals surface area contributed by atoms with E-state index in [2.05, 4.69) is 20.0 Å². The standard InChI is InChI=1S/C23H20F5N5O4/c1-2-13(11-37-23(26,27)28)30-22(36)15-10-33(21-16(25)8-12(24)9-29-21)20-14(19(15)35)5-6-17(31-20)32-7-3-4-18(32)34/h5-6,8-10,13H,2-4,7,11H2,1H3,(H,30,36). The zero-order chi connectivity index (χ0) is 26.9. The first-order valence-electron chi connectivity index (χ1n) is 11.2. The van der Waals surface area contributed by atoms with E-state index in [-0.39, 0.29) is 29.2 Å². The smallest absolute Gasteiger partial charge is 0.347 e. The molecule has 4 heterocycles. The van der Waals surface area contributed by atoms with Crippen LogP contribution in [0.15, 0.2) is 35.4 Å². The van der Waals surface area contributed by atoms with Crippen LogP contribution in [0.1, 0.15) is 36.5 Å². The third-order valence-electron chi connectivity index (χ3n) is 5.72. The number of nitrogens with one attached hydrogen (secondary N) is 1. The first kappa shape index (κ1) is 26.1. The van der Waals surface area contributed by atoms with Crippen molar-refractivity contribution < 1.29 is 36.3 Å². The van der Waals surface area contributed by atoms with Gasteiger partial charge in [0.1, 0.15) is 17.2 Å². The van der Waals surface area contributed by atoms with Gasteiger partial charge in [-0.05, 0) is 25.0 Å². The first-order chi connectivity index (χ1) is 17.5. The SMILES string of the molecule is CCC(COC(F)(F)F)NC(=O)c1cn(-c2ncc(F)cc2F)c2nc(N3CCCC3=O)ccc2c1=O. The molecule has 1 atom stereocenters. The molecule has 14 heteroatoms. The molecule has 37 heavy (non-hydrogen) atoms. The summed E-state index contributed by atoms with van der Waals surface area (Å²) in [6.07, 6.45) is -2.33. The summed E-state index contributed by atoms with van der Waals surface area (Å²) in [5.74, 6) is -3.67. The summed E-state index contributed by atoms with van der Waals surface area (Å²) in [5, 5.41) is 2.14. The number of nitrogens with zero attached hydrogens (tertiary/aromatic N) is 4. The van der Waals surface area contributed by atoms with E-state index in [0.717, 1.165) is 17.0 Å². The van der Waals surface area contributed by atoms with Gasteiger partial charge in [-0.2, -0.15) is 0 Å². The summed E-state index contributed by atoms with van der Waals surface area (Å²) in [4.78, 5) is 47.8. The Balaban J connectivity index is 1.83. The lowest BCUT2D eigenvalue weighted by Gasteiger charge is -2.19. The van der Waals surface area contributed by atoms with Crippen LogP contribution in [0.4, 0.5) is 27.8 Å². The number of hydrogen-bond donors (Lipinski definition) is 1. The van der Waals surface area contributed by atoms with Crippen molar-refractivity contribution in [1.29, 1.82) is 0 Å². The summed E-state index contributed by atoms with van der Waals surface area (Å²) < 4.78 is 70.3. The molecule has 196 valence electrons. The van der Waals surface area contributed by atoms with Crippen molar-refractivity contribution in [2.24, 2.45) is 0 Å². The third-order valence-corrected chi connectivity index (χ3v) is 5.72. The van der Waals surface area contributed by atoms with Gasteiger partial charge in [0.2, 0.25) is 11.3 Å². The molecule has 0 aromatic carbocycles. The fourth-order valence-corrected chi connectivity index (χ4v) is 3.86. The van der Waals surface area contributed by atoms with Crippen molar-refractivity contribution in [1.82, 2.24) is 19.9 Å². The van der Waals surface area contributed by atoms with E-state index in [1.54, 1.807) is 0 Å². The zero-order valence-corrected chi connectivity index (χ0v) is 19.3. The number of rotatable bonds is 7. The summed E-state index contributed by atoms with van der Waals surface area (Å²) >= 11 is 0. The number of ether oxygens (including phenoxy) is 1. The Kier molecular flexibility index (Phi) is 7.21. The fraction of sp³-hybridized carbons (Fsp3) is 0.348. The van der Waals surface area contributed by atoms with Gasteiger partial charge >= 0.3 is 6.36 Å². The molecular formula is C23H20F5N5O4. The Morgan fingerprint density at radius 2 is 2.00 bits per heavy atom. The Bertz CT molecular complexity index is 1430. The van der Waals surface area contributed by atoms with Gasteiger partial charge in [-0.15, -0.1) is 13.2 Å². The number of carbonyl (C=O) groups is 2. The average molecular weight is 525 g/mol. The van der Waals surface area contributed by atoms with E-state index in [1.165, 1.54) is 24.0 Å². The first-order valence-corrected chi connectivity index (χ1v) is 11.2. The molecule has 1 aliphatic heterocycles. The highest BCUT2D eigenvalue weighted by Gasteiger charge is 2.31. The maximum absolute atomic E-state index is 14.7. The maximum Gasteiger partial charge on any atom is 0.522 e. The predicted octanol–water partition coefficient (Wildman–Crippen LogP) is 3.23. The summed E-state index contributed by atoms with van der Waals surface area (Å²) in [6.45, 7) is 0.992. The monoisotopic (exact) mass is 525 g/mol. The van der Waals surface area contributed by atoms with Crippen molar-refractivity contribution in [3.05, 3.63) is 58.0 Å². The lowest BCUT2D eigenvalue weighted by molar-refractivity contribution is -0.326. The molecule has 1 fully saturated rings. The molecule has 1 saturated heterocycles. The van der Waals surface area contributed by atoms with E-state index in [1.807, 2.05) is 0 Å². The van der Waals surface area contributed by atoms with Crippen molar-refractivity contribution in [3.63, 3.8) is 0 Å². The minimum absolute atomic E-state index is 0.0481. The molecule has 1 aliphatic rings. The van der Waals surface area contributed by atoms with Crippen molar-refractivity contribution >= 4 is 28.7 Å². The number of pyridine rings is 3. The van der Waals surface area contributed by atoms with Gasteiger partial charge in [-0.1, -0.05) is 6.92 Å². The summed E-state index contributed by atoms with van der Waals surface area (Å²) in [6, 6.07) is 2.13. The zero-order valence-electron chi connectivity index (χ0n) is 19.3. The number of anilines is 1.